The zero-order chi connectivity index (χ0) is 27.8. The number of hydrogen-bond donors (Lipinski definition) is 4. The SMILES string of the molecule is COCCNC1CCN(c2ccc(Nc3ncc(Cl)c(Nc4ccccc4NS(C)(=O)=O)n3)c(OC)c2)CC1. The van der Waals surface area contributed by atoms with Crippen LogP contribution in [0.5, 0.6) is 5.75 Å². The van der Waals surface area contributed by atoms with Gasteiger partial charge in [0.05, 0.1) is 43.2 Å². The molecule has 0 aliphatic carbocycles. The van der Waals surface area contributed by atoms with Crippen LogP contribution in [0.3, 0.4) is 0 Å². The number of sulfonamides is 1. The number of para-hydroxylation sites is 2. The fraction of sp³-hybridized carbons (Fsp3) is 0.385. The van der Waals surface area contributed by atoms with Crippen LogP contribution < -0.4 is 30.3 Å². The van der Waals surface area contributed by atoms with Crippen LogP contribution in [0.1, 0.15) is 12.8 Å². The minimum atomic E-state index is -3.47. The standard InChI is InChI=1S/C26H34ClN7O4S/c1-37-15-12-28-18-10-13-34(14-11-18)19-8-9-23(24(16-19)38-2)31-26-29-17-20(27)25(32-26)30-21-6-4-5-7-22(21)33-39(3,35)36/h4-9,16-18,28,33H,10-15H2,1-3H3,(H2,29,30,31,32). The number of halogens is 1. The van der Waals surface area contributed by atoms with Gasteiger partial charge in [0.25, 0.3) is 0 Å². The van der Waals surface area contributed by atoms with E-state index < -0.39 is 10.0 Å². The number of aromatic nitrogens is 2. The second kappa shape index (κ2) is 13.2. The molecule has 4 rings (SSSR count). The first-order valence-electron chi connectivity index (χ1n) is 12.5. The average molecular weight is 576 g/mol. The topological polar surface area (TPSA) is 130 Å². The molecule has 0 unspecified atom stereocenters. The van der Waals surface area contributed by atoms with E-state index in [-0.39, 0.29) is 5.02 Å². The summed E-state index contributed by atoms with van der Waals surface area (Å²) in [6.45, 7) is 3.48. The number of nitrogens with one attached hydrogen (secondary N) is 4. The normalized spacial score (nSPS) is 14.2. The zero-order valence-corrected chi connectivity index (χ0v) is 23.8. The summed E-state index contributed by atoms with van der Waals surface area (Å²) in [7, 11) is -0.134. The largest absolute Gasteiger partial charge is 0.494 e. The first-order valence-corrected chi connectivity index (χ1v) is 14.8. The number of anilines is 6. The number of benzene rings is 2. The molecule has 0 saturated carbocycles. The van der Waals surface area contributed by atoms with Crippen LogP contribution >= 0.6 is 11.6 Å². The Morgan fingerprint density at radius 1 is 1.05 bits per heavy atom. The number of piperidine rings is 1. The molecule has 0 radical (unpaired) electrons. The van der Waals surface area contributed by atoms with E-state index in [0.29, 0.717) is 47.2 Å². The average Bonchev–Trinajstić information content (AvgIpc) is 2.91. The third kappa shape index (κ3) is 8.09. The fourth-order valence-corrected chi connectivity index (χ4v) is 5.05. The molecule has 39 heavy (non-hydrogen) atoms. The smallest absolute Gasteiger partial charge is 0.229 e. The van der Waals surface area contributed by atoms with Gasteiger partial charge in [-0.2, -0.15) is 4.98 Å². The molecule has 1 fully saturated rings. The summed E-state index contributed by atoms with van der Waals surface area (Å²) in [5.41, 5.74) is 2.65. The minimum Gasteiger partial charge on any atom is -0.494 e. The summed E-state index contributed by atoms with van der Waals surface area (Å²) >= 11 is 6.35. The number of rotatable bonds is 12. The van der Waals surface area contributed by atoms with E-state index in [4.69, 9.17) is 21.1 Å². The van der Waals surface area contributed by atoms with Gasteiger partial charge in [-0.25, -0.2) is 13.4 Å². The predicted octanol–water partition coefficient (Wildman–Crippen LogP) is 4.20. The van der Waals surface area contributed by atoms with Crippen LogP contribution in [0.15, 0.2) is 48.7 Å². The first kappa shape index (κ1) is 28.7. The molecule has 1 aromatic heterocycles. The van der Waals surface area contributed by atoms with Crippen LogP contribution in [-0.4, -0.2) is 71.1 Å². The van der Waals surface area contributed by atoms with Gasteiger partial charge in [0.15, 0.2) is 5.82 Å². The van der Waals surface area contributed by atoms with Crippen LogP contribution in [0, 0.1) is 0 Å². The lowest BCUT2D eigenvalue weighted by Gasteiger charge is -2.34. The molecule has 0 atom stereocenters. The van der Waals surface area contributed by atoms with Crippen molar-refractivity contribution in [3.05, 3.63) is 53.7 Å². The predicted molar refractivity (Wildman–Crippen MR) is 157 cm³/mol. The number of ether oxygens (including phenoxy) is 2. The minimum absolute atomic E-state index is 0.275. The molecule has 1 aliphatic rings. The van der Waals surface area contributed by atoms with Crippen molar-refractivity contribution in [3.63, 3.8) is 0 Å². The molecule has 210 valence electrons. The van der Waals surface area contributed by atoms with Crippen molar-refractivity contribution in [1.29, 1.82) is 0 Å². The maximum atomic E-state index is 11.8. The number of methoxy groups -OCH3 is 2. The third-order valence-electron chi connectivity index (χ3n) is 6.25. The second-order valence-electron chi connectivity index (χ2n) is 9.15. The van der Waals surface area contributed by atoms with Gasteiger partial charge in [-0.1, -0.05) is 23.7 Å². The molecule has 2 heterocycles. The lowest BCUT2D eigenvalue weighted by Crippen LogP contribution is -2.43. The van der Waals surface area contributed by atoms with Gasteiger partial charge in [-0.15, -0.1) is 0 Å². The van der Waals surface area contributed by atoms with Crippen molar-refractivity contribution < 1.29 is 17.9 Å². The maximum absolute atomic E-state index is 11.8. The van der Waals surface area contributed by atoms with E-state index in [9.17, 15) is 8.42 Å². The van der Waals surface area contributed by atoms with E-state index in [0.717, 1.165) is 44.4 Å². The van der Waals surface area contributed by atoms with Gasteiger partial charge >= 0.3 is 0 Å². The van der Waals surface area contributed by atoms with E-state index in [2.05, 4.69) is 35.5 Å². The first-order chi connectivity index (χ1) is 18.8. The molecular formula is C26H34ClN7O4S. The van der Waals surface area contributed by atoms with Crippen molar-refractivity contribution in [3.8, 4) is 5.75 Å². The molecule has 3 aromatic rings. The Balaban J connectivity index is 1.46. The molecule has 4 N–H and O–H groups in total. The van der Waals surface area contributed by atoms with Gasteiger partial charge in [0, 0.05) is 44.5 Å². The molecule has 11 nitrogen and oxygen atoms in total. The summed E-state index contributed by atoms with van der Waals surface area (Å²) in [5, 5.41) is 10.1. The van der Waals surface area contributed by atoms with Crippen molar-refractivity contribution in [2.24, 2.45) is 0 Å². The van der Waals surface area contributed by atoms with Gasteiger partial charge in [-0.3, -0.25) is 4.72 Å². The summed E-state index contributed by atoms with van der Waals surface area (Å²) in [6.07, 6.45) is 4.68. The Hall–Kier alpha value is -3.32. The Morgan fingerprint density at radius 2 is 1.79 bits per heavy atom. The highest BCUT2D eigenvalue weighted by molar-refractivity contribution is 7.92. The monoisotopic (exact) mass is 575 g/mol. The summed E-state index contributed by atoms with van der Waals surface area (Å²) < 4.78 is 36.8. The van der Waals surface area contributed by atoms with E-state index in [1.807, 2.05) is 18.2 Å². The van der Waals surface area contributed by atoms with Crippen LogP contribution in [0.25, 0.3) is 0 Å². The molecule has 2 aromatic carbocycles. The van der Waals surface area contributed by atoms with Crippen LogP contribution in [0.2, 0.25) is 5.02 Å². The maximum Gasteiger partial charge on any atom is 0.229 e. The van der Waals surface area contributed by atoms with Crippen molar-refractivity contribution in [2.45, 2.75) is 18.9 Å². The molecule has 13 heteroatoms. The molecule has 0 bridgehead atoms. The van der Waals surface area contributed by atoms with Gasteiger partial charge in [-0.05, 0) is 37.1 Å². The summed E-state index contributed by atoms with van der Waals surface area (Å²) in [4.78, 5) is 11.2. The lowest BCUT2D eigenvalue weighted by molar-refractivity contribution is 0.193. The van der Waals surface area contributed by atoms with Crippen LogP contribution in [-0.2, 0) is 14.8 Å². The van der Waals surface area contributed by atoms with Crippen molar-refractivity contribution >= 4 is 56.1 Å². The highest BCUT2D eigenvalue weighted by Crippen LogP contribution is 2.34. The summed E-state index contributed by atoms with van der Waals surface area (Å²) in [5.74, 6) is 1.27. The highest BCUT2D eigenvalue weighted by Gasteiger charge is 2.20. The van der Waals surface area contributed by atoms with Gasteiger partial charge < -0.3 is 30.3 Å². The Kier molecular flexibility index (Phi) is 9.68. The number of nitrogens with zero attached hydrogens (tertiary/aromatic N) is 3. The highest BCUT2D eigenvalue weighted by atomic mass is 35.5. The van der Waals surface area contributed by atoms with E-state index >= 15 is 0 Å². The Morgan fingerprint density at radius 3 is 2.49 bits per heavy atom. The van der Waals surface area contributed by atoms with Crippen molar-refractivity contribution in [2.75, 3.05) is 67.0 Å². The Bertz CT molecular complexity index is 1370. The molecule has 1 aliphatic heterocycles. The Labute approximate surface area is 234 Å². The van der Waals surface area contributed by atoms with Gasteiger partial charge in [0.1, 0.15) is 10.8 Å². The number of hydrogen-bond acceptors (Lipinski definition) is 10. The van der Waals surface area contributed by atoms with Gasteiger partial charge in [0.2, 0.25) is 16.0 Å². The quantitative estimate of drug-likeness (QED) is 0.233. The van der Waals surface area contributed by atoms with Crippen molar-refractivity contribution in [1.82, 2.24) is 15.3 Å². The van der Waals surface area contributed by atoms with Crippen LogP contribution in [0.4, 0.5) is 34.5 Å². The van der Waals surface area contributed by atoms with E-state index in [1.54, 1.807) is 38.5 Å². The molecule has 0 amide bonds. The zero-order valence-electron chi connectivity index (χ0n) is 22.2. The molecule has 0 spiro atoms. The molecular weight excluding hydrogens is 542 g/mol. The lowest BCUT2D eigenvalue weighted by atomic mass is 10.0. The fourth-order valence-electron chi connectivity index (χ4n) is 4.33. The molecule has 1 saturated heterocycles. The van der Waals surface area contributed by atoms with E-state index in [1.165, 1.54) is 6.20 Å². The summed E-state index contributed by atoms with van der Waals surface area (Å²) in [6, 6.07) is 13.4. The second-order valence-corrected chi connectivity index (χ2v) is 11.3. The third-order valence-corrected chi connectivity index (χ3v) is 7.12.